The summed E-state index contributed by atoms with van der Waals surface area (Å²) in [5.41, 5.74) is 0. The van der Waals surface area contributed by atoms with E-state index < -0.39 is 0 Å². The summed E-state index contributed by atoms with van der Waals surface area (Å²) in [6.07, 6.45) is 3.40. The first kappa shape index (κ1) is 11.7. The van der Waals surface area contributed by atoms with Gasteiger partial charge in [-0.05, 0) is 12.1 Å². The van der Waals surface area contributed by atoms with Crippen LogP contribution in [0.3, 0.4) is 0 Å². The fourth-order valence-electron chi connectivity index (χ4n) is 0.419. The van der Waals surface area contributed by atoms with Crippen molar-refractivity contribution in [3.05, 3.63) is 41.7 Å². The van der Waals surface area contributed by atoms with Crippen LogP contribution in [0.2, 0.25) is 4.44 Å². The van der Waals surface area contributed by atoms with Crippen LogP contribution in [0, 0.1) is 4.64 Å². The van der Waals surface area contributed by atoms with Gasteiger partial charge in [0.05, 0.1) is 0 Å². The maximum Gasteiger partial charge on any atom is 0.142 e. The van der Waals surface area contributed by atoms with Crippen LogP contribution < -0.4 is 0 Å². The molecule has 0 aliphatic heterocycles. The molecule has 0 spiro atoms. The van der Waals surface area contributed by atoms with Crippen molar-refractivity contribution < 1.29 is 5.21 Å². The van der Waals surface area contributed by atoms with E-state index in [1.54, 1.807) is 40.7 Å². The van der Waals surface area contributed by atoms with Crippen LogP contribution >= 0.6 is 12.2 Å². The van der Waals surface area contributed by atoms with Crippen molar-refractivity contribution in [2.45, 2.75) is 4.44 Å². The Morgan fingerprint density at radius 1 is 1.67 bits per heavy atom. The normalized spacial score (nSPS) is 8.08. The summed E-state index contributed by atoms with van der Waals surface area (Å²) in [6.45, 7) is 3.50. The van der Waals surface area contributed by atoms with Gasteiger partial charge in [-0.25, -0.2) is 0 Å². The second kappa shape index (κ2) is 7.36. The Labute approximate surface area is 90.6 Å². The summed E-state index contributed by atoms with van der Waals surface area (Å²) in [5, 5.41) is 8.73. The number of hydrogen-bond donors (Lipinski definition) is 1. The Balaban J connectivity index is 0.000000261. The first-order valence-electron chi connectivity index (χ1n) is 3.34. The van der Waals surface area contributed by atoms with Gasteiger partial charge in [-0.1, -0.05) is 18.3 Å². The molecule has 12 heavy (non-hydrogen) atoms. The van der Waals surface area contributed by atoms with Gasteiger partial charge in [0.15, 0.2) is 0 Å². The van der Waals surface area contributed by atoms with Gasteiger partial charge in [-0.15, -0.1) is 0 Å². The molecule has 63 valence electrons. The molecule has 0 fully saturated rings. The second-order valence-corrected chi connectivity index (χ2v) is 3.46. The quantitative estimate of drug-likeness (QED) is 0.371. The fraction of sp³-hybridized carbons (Fsp3) is 0.125. The van der Waals surface area contributed by atoms with E-state index in [9.17, 15) is 0 Å². The van der Waals surface area contributed by atoms with Gasteiger partial charge in [-0.2, -0.15) is 4.73 Å². The first-order chi connectivity index (χ1) is 5.72. The Hall–Kier alpha value is -0.291. The van der Waals surface area contributed by atoms with Gasteiger partial charge in [0, 0.05) is 6.20 Å². The second-order valence-electron chi connectivity index (χ2n) is 1.88. The van der Waals surface area contributed by atoms with Crippen molar-refractivity contribution in [3.63, 3.8) is 0 Å². The Morgan fingerprint density at radius 2 is 2.25 bits per heavy atom. The Bertz CT molecular complexity index is 284. The van der Waals surface area contributed by atoms with Gasteiger partial charge in [0.1, 0.15) is 4.64 Å². The summed E-state index contributed by atoms with van der Waals surface area (Å²) in [7, 11) is 0. The van der Waals surface area contributed by atoms with E-state index in [4.69, 9.17) is 5.21 Å². The van der Waals surface area contributed by atoms with Crippen LogP contribution in [0.15, 0.2) is 37.1 Å². The van der Waals surface area contributed by atoms with Crippen LogP contribution in [-0.4, -0.2) is 32.5 Å². The molecule has 1 N–H and O–H groups in total. The molecule has 1 aromatic heterocycles. The third-order valence-electron chi connectivity index (χ3n) is 0.947. The number of allylic oxidation sites excluding steroid dienone is 1. The SMILES string of the molecule is C=C[CH2][Sn].On1ccccc1=S. The van der Waals surface area contributed by atoms with E-state index >= 15 is 0 Å². The smallest absolute Gasteiger partial charge is 0.142 e. The summed E-state index contributed by atoms with van der Waals surface area (Å²) in [4.78, 5) is 0. The molecule has 2 nitrogen and oxygen atoms in total. The Morgan fingerprint density at radius 3 is 2.50 bits per heavy atom. The van der Waals surface area contributed by atoms with Crippen LogP contribution in [0.25, 0.3) is 0 Å². The molecule has 0 amide bonds. The maximum atomic E-state index is 8.73. The summed E-state index contributed by atoms with van der Waals surface area (Å²) < 4.78 is 2.50. The largest absolute Gasteiger partial charge is 0.428 e. The van der Waals surface area contributed by atoms with Crippen LogP contribution in [0.5, 0.6) is 0 Å². The molecule has 0 bridgehead atoms. The van der Waals surface area contributed by atoms with E-state index in [0.717, 1.165) is 4.73 Å². The minimum Gasteiger partial charge on any atom is -0.428 e. The average molecular weight is 287 g/mol. The van der Waals surface area contributed by atoms with Gasteiger partial charge >= 0.3 is 39.6 Å². The summed E-state index contributed by atoms with van der Waals surface area (Å²) in [6, 6.07) is 5.13. The summed E-state index contributed by atoms with van der Waals surface area (Å²) in [5.74, 6) is 0. The van der Waals surface area contributed by atoms with Crippen LogP contribution in [-0.2, 0) is 0 Å². The molecule has 1 aromatic rings. The van der Waals surface area contributed by atoms with Gasteiger partial charge in [0.25, 0.3) is 0 Å². The molecule has 0 saturated heterocycles. The van der Waals surface area contributed by atoms with E-state index in [-0.39, 0.29) is 0 Å². The third kappa shape index (κ3) is 5.37. The van der Waals surface area contributed by atoms with E-state index in [2.05, 4.69) is 18.8 Å². The van der Waals surface area contributed by atoms with E-state index in [0.29, 0.717) is 4.64 Å². The zero-order valence-electron chi connectivity index (χ0n) is 6.60. The van der Waals surface area contributed by atoms with Crippen LogP contribution in [0.4, 0.5) is 0 Å². The molecule has 1 rings (SSSR count). The molecule has 1 heterocycles. The molecule has 0 unspecified atom stereocenters. The molecule has 0 aromatic carbocycles. The van der Waals surface area contributed by atoms with Crippen molar-refractivity contribution in [1.82, 2.24) is 4.73 Å². The molecule has 0 atom stereocenters. The van der Waals surface area contributed by atoms with Crippen molar-refractivity contribution in [1.29, 1.82) is 0 Å². The summed E-state index contributed by atoms with van der Waals surface area (Å²) >= 11 is 6.22. The topological polar surface area (TPSA) is 25.2 Å². The van der Waals surface area contributed by atoms with Gasteiger partial charge < -0.3 is 5.21 Å². The minimum absolute atomic E-state index is 0.424. The van der Waals surface area contributed by atoms with E-state index in [1.807, 2.05) is 6.08 Å². The molecular weight excluding hydrogens is 277 g/mol. The predicted octanol–water partition coefficient (Wildman–Crippen LogP) is 2.21. The number of aromatic nitrogens is 1. The van der Waals surface area contributed by atoms with Crippen molar-refractivity contribution >= 4 is 34.7 Å². The van der Waals surface area contributed by atoms with E-state index in [1.165, 1.54) is 10.6 Å². The zero-order valence-corrected chi connectivity index (χ0v) is 10.3. The zero-order chi connectivity index (χ0) is 9.40. The molecule has 0 saturated carbocycles. The molecule has 0 aliphatic carbocycles. The first-order valence-corrected chi connectivity index (χ1v) is 5.77. The monoisotopic (exact) mass is 288 g/mol. The number of pyridine rings is 1. The number of hydrogen-bond acceptors (Lipinski definition) is 2. The van der Waals surface area contributed by atoms with Crippen molar-refractivity contribution in [3.8, 4) is 0 Å². The third-order valence-corrected chi connectivity index (χ3v) is 2.09. The van der Waals surface area contributed by atoms with Crippen molar-refractivity contribution in [2.75, 3.05) is 0 Å². The molecule has 3 radical (unpaired) electrons. The maximum absolute atomic E-state index is 8.73. The van der Waals surface area contributed by atoms with Gasteiger partial charge in [-0.3, -0.25) is 0 Å². The van der Waals surface area contributed by atoms with Gasteiger partial charge in [0.2, 0.25) is 0 Å². The van der Waals surface area contributed by atoms with Crippen molar-refractivity contribution in [2.24, 2.45) is 0 Å². The minimum atomic E-state index is 0.424. The molecular formula is C8H10NOSSn. The van der Waals surface area contributed by atoms with Crippen LogP contribution in [0.1, 0.15) is 0 Å². The average Bonchev–Trinajstić information content (AvgIpc) is 2.11. The molecule has 0 aliphatic rings. The Kier molecular flexibility index (Phi) is 7.18. The molecule has 4 heteroatoms. The standard InChI is InChI=1S/C5H5NOS.C3H5.Sn/c7-6-4-2-1-3-5(6)8;1-3-2;/h1-4,7H;3H,1-2H2;. The number of rotatable bonds is 1. The fourth-order valence-corrected chi connectivity index (χ4v) is 0.558. The number of nitrogens with zero attached hydrogens (tertiary/aromatic N) is 1. The predicted molar refractivity (Wildman–Crippen MR) is 53.2 cm³/mol.